The van der Waals surface area contributed by atoms with E-state index in [1.165, 1.54) is 30.3 Å². The number of halogens is 2. The van der Waals surface area contributed by atoms with E-state index in [-0.39, 0.29) is 16.3 Å². The van der Waals surface area contributed by atoms with Gasteiger partial charge in [-0.2, -0.15) is 5.10 Å². The van der Waals surface area contributed by atoms with Gasteiger partial charge in [-0.1, -0.05) is 17.7 Å². The molecule has 1 aromatic heterocycles. The van der Waals surface area contributed by atoms with Crippen LogP contribution in [0.5, 0.6) is 0 Å². The van der Waals surface area contributed by atoms with Gasteiger partial charge in [-0.25, -0.2) is 4.39 Å². The summed E-state index contributed by atoms with van der Waals surface area (Å²) in [7, 11) is 0. The van der Waals surface area contributed by atoms with Crippen molar-refractivity contribution in [3.8, 4) is 0 Å². The van der Waals surface area contributed by atoms with Crippen LogP contribution in [0.3, 0.4) is 0 Å². The minimum atomic E-state index is -0.501. The van der Waals surface area contributed by atoms with Gasteiger partial charge in [0.05, 0.1) is 11.5 Å². The zero-order valence-electron chi connectivity index (χ0n) is 14.1. The van der Waals surface area contributed by atoms with Gasteiger partial charge >= 0.3 is 0 Å². The van der Waals surface area contributed by atoms with Gasteiger partial charge in [-0.05, 0) is 36.8 Å². The van der Waals surface area contributed by atoms with Crippen LogP contribution in [0.15, 0.2) is 48.7 Å². The van der Waals surface area contributed by atoms with Crippen LogP contribution in [0.1, 0.15) is 21.5 Å². The lowest BCUT2D eigenvalue weighted by molar-refractivity contribution is -0.385. The Balaban J connectivity index is 1.71. The zero-order chi connectivity index (χ0) is 19.6. The summed E-state index contributed by atoms with van der Waals surface area (Å²) in [6.45, 7) is 1.88. The molecule has 1 amide bonds. The van der Waals surface area contributed by atoms with Gasteiger partial charge in [0, 0.05) is 34.5 Å². The Hall–Kier alpha value is -3.26. The number of carbonyl (C=O) groups excluding carboxylic acids is 1. The lowest BCUT2D eigenvalue weighted by Crippen LogP contribution is -2.13. The summed E-state index contributed by atoms with van der Waals surface area (Å²) >= 11 is 6.00. The number of amides is 1. The minimum absolute atomic E-state index is 0.0491. The number of rotatable bonds is 5. The van der Waals surface area contributed by atoms with E-state index < -0.39 is 16.6 Å². The number of anilines is 1. The molecule has 0 radical (unpaired) electrons. The van der Waals surface area contributed by atoms with Crippen molar-refractivity contribution in [3.63, 3.8) is 0 Å². The molecule has 1 N–H and O–H groups in total. The SMILES string of the molecule is Cc1cc(C(=O)Nc2ccn(Cc3ccc(F)cc3Cl)n2)ccc1[N+](=O)[O-]. The first-order valence-corrected chi connectivity index (χ1v) is 8.25. The first kappa shape index (κ1) is 18.5. The molecule has 2 aromatic carbocycles. The maximum atomic E-state index is 13.1. The largest absolute Gasteiger partial charge is 0.305 e. The van der Waals surface area contributed by atoms with Gasteiger partial charge < -0.3 is 5.32 Å². The maximum absolute atomic E-state index is 13.1. The Morgan fingerprint density at radius 3 is 2.74 bits per heavy atom. The van der Waals surface area contributed by atoms with Crippen molar-refractivity contribution in [1.82, 2.24) is 9.78 Å². The summed E-state index contributed by atoms with van der Waals surface area (Å²) in [5.74, 6) is -0.539. The summed E-state index contributed by atoms with van der Waals surface area (Å²) < 4.78 is 14.7. The Morgan fingerprint density at radius 1 is 1.30 bits per heavy atom. The fourth-order valence-electron chi connectivity index (χ4n) is 2.53. The molecule has 0 fully saturated rings. The van der Waals surface area contributed by atoms with E-state index in [2.05, 4.69) is 10.4 Å². The van der Waals surface area contributed by atoms with Crippen molar-refractivity contribution in [2.45, 2.75) is 13.5 Å². The van der Waals surface area contributed by atoms with Crippen molar-refractivity contribution in [2.75, 3.05) is 5.32 Å². The Labute approximate surface area is 158 Å². The van der Waals surface area contributed by atoms with E-state index in [1.807, 2.05) is 0 Å². The van der Waals surface area contributed by atoms with E-state index in [1.54, 1.807) is 29.9 Å². The smallest absolute Gasteiger partial charge is 0.272 e. The molecule has 0 bridgehead atoms. The molecule has 0 unspecified atom stereocenters. The molecule has 0 aliphatic heterocycles. The Morgan fingerprint density at radius 2 is 2.07 bits per heavy atom. The van der Waals surface area contributed by atoms with Gasteiger partial charge in [0.15, 0.2) is 5.82 Å². The molecule has 0 spiro atoms. The normalized spacial score (nSPS) is 10.6. The molecule has 7 nitrogen and oxygen atoms in total. The van der Waals surface area contributed by atoms with Crippen LogP contribution in [0.25, 0.3) is 0 Å². The molecule has 9 heteroatoms. The monoisotopic (exact) mass is 388 g/mol. The second kappa shape index (κ2) is 7.55. The van der Waals surface area contributed by atoms with Crippen LogP contribution in [-0.2, 0) is 6.54 Å². The molecule has 3 rings (SSSR count). The number of nitro benzene ring substituents is 1. The van der Waals surface area contributed by atoms with Gasteiger partial charge in [0.1, 0.15) is 5.82 Å². The lowest BCUT2D eigenvalue weighted by Gasteiger charge is -2.05. The molecule has 27 heavy (non-hydrogen) atoms. The van der Waals surface area contributed by atoms with E-state index in [0.717, 1.165) is 0 Å². The van der Waals surface area contributed by atoms with Gasteiger partial charge in [0.2, 0.25) is 0 Å². The second-order valence-electron chi connectivity index (χ2n) is 5.85. The topological polar surface area (TPSA) is 90.1 Å². The molecule has 1 heterocycles. The number of aromatic nitrogens is 2. The Kier molecular flexibility index (Phi) is 5.18. The van der Waals surface area contributed by atoms with Crippen molar-refractivity contribution < 1.29 is 14.1 Å². The highest BCUT2D eigenvalue weighted by Crippen LogP contribution is 2.20. The average Bonchev–Trinajstić information content (AvgIpc) is 3.04. The zero-order valence-corrected chi connectivity index (χ0v) is 14.9. The second-order valence-corrected chi connectivity index (χ2v) is 6.25. The first-order valence-electron chi connectivity index (χ1n) is 7.87. The molecule has 0 atom stereocenters. The number of carbonyl (C=O) groups is 1. The predicted molar refractivity (Wildman–Crippen MR) is 98.5 cm³/mol. The fraction of sp³-hybridized carbons (Fsp3) is 0.111. The minimum Gasteiger partial charge on any atom is -0.305 e. The average molecular weight is 389 g/mol. The third-order valence-corrected chi connectivity index (χ3v) is 4.24. The quantitative estimate of drug-likeness (QED) is 0.524. The van der Waals surface area contributed by atoms with Crippen molar-refractivity contribution in [1.29, 1.82) is 0 Å². The van der Waals surface area contributed by atoms with Crippen LogP contribution < -0.4 is 5.32 Å². The van der Waals surface area contributed by atoms with Crippen molar-refractivity contribution >= 4 is 29.0 Å². The summed E-state index contributed by atoms with van der Waals surface area (Å²) in [6, 6.07) is 9.83. The highest BCUT2D eigenvalue weighted by atomic mass is 35.5. The number of nitrogens with one attached hydrogen (secondary N) is 1. The van der Waals surface area contributed by atoms with Crippen LogP contribution in [0, 0.1) is 22.9 Å². The molecule has 0 aliphatic carbocycles. The standard InChI is InChI=1S/C18H14ClFN4O3/c1-11-8-12(3-5-16(11)24(26)27)18(25)21-17-6-7-23(22-17)10-13-2-4-14(20)9-15(13)19/h2-9H,10H2,1H3,(H,21,22,25). The summed E-state index contributed by atoms with van der Waals surface area (Å²) in [6.07, 6.45) is 1.65. The Bertz CT molecular complexity index is 1040. The van der Waals surface area contributed by atoms with Crippen LogP contribution in [0.2, 0.25) is 5.02 Å². The van der Waals surface area contributed by atoms with Gasteiger partial charge in [-0.3, -0.25) is 19.6 Å². The van der Waals surface area contributed by atoms with Crippen LogP contribution in [-0.4, -0.2) is 20.6 Å². The van der Waals surface area contributed by atoms with Crippen LogP contribution in [0.4, 0.5) is 15.9 Å². The number of hydrogen-bond donors (Lipinski definition) is 1. The number of hydrogen-bond acceptors (Lipinski definition) is 4. The molecular weight excluding hydrogens is 375 g/mol. The third kappa shape index (κ3) is 4.29. The molecule has 3 aromatic rings. The molecular formula is C18H14ClFN4O3. The van der Waals surface area contributed by atoms with E-state index in [0.29, 0.717) is 23.5 Å². The summed E-state index contributed by atoms with van der Waals surface area (Å²) in [5.41, 5.74) is 1.32. The molecule has 138 valence electrons. The van der Waals surface area contributed by atoms with E-state index in [4.69, 9.17) is 11.6 Å². The fourth-order valence-corrected chi connectivity index (χ4v) is 2.76. The van der Waals surface area contributed by atoms with E-state index in [9.17, 15) is 19.3 Å². The number of nitro groups is 1. The lowest BCUT2D eigenvalue weighted by atomic mass is 10.1. The summed E-state index contributed by atoms with van der Waals surface area (Å²) in [5, 5.41) is 18.0. The van der Waals surface area contributed by atoms with E-state index >= 15 is 0 Å². The van der Waals surface area contributed by atoms with Crippen molar-refractivity contribution in [3.05, 3.63) is 86.3 Å². The number of benzene rings is 2. The third-order valence-electron chi connectivity index (χ3n) is 3.89. The predicted octanol–water partition coefficient (Wildman–Crippen LogP) is 4.19. The molecule has 0 aliphatic rings. The summed E-state index contributed by atoms with van der Waals surface area (Å²) in [4.78, 5) is 22.7. The highest BCUT2D eigenvalue weighted by molar-refractivity contribution is 6.31. The van der Waals surface area contributed by atoms with Crippen LogP contribution >= 0.6 is 11.6 Å². The number of aryl methyl sites for hydroxylation is 1. The highest BCUT2D eigenvalue weighted by Gasteiger charge is 2.14. The van der Waals surface area contributed by atoms with Crippen molar-refractivity contribution in [2.24, 2.45) is 0 Å². The van der Waals surface area contributed by atoms with Gasteiger partial charge in [0.25, 0.3) is 11.6 Å². The first-order chi connectivity index (χ1) is 12.8. The maximum Gasteiger partial charge on any atom is 0.272 e. The van der Waals surface area contributed by atoms with Gasteiger partial charge in [-0.15, -0.1) is 0 Å². The molecule has 0 saturated carbocycles. The number of nitrogens with zero attached hydrogens (tertiary/aromatic N) is 3. The molecule has 0 saturated heterocycles.